The summed E-state index contributed by atoms with van der Waals surface area (Å²) >= 11 is 0. The van der Waals surface area contributed by atoms with Crippen LogP contribution < -0.4 is 0 Å². The smallest absolute Gasteiger partial charge is 0.134 e. The third-order valence-corrected chi connectivity index (χ3v) is 4.50. The van der Waals surface area contributed by atoms with E-state index < -0.39 is 0 Å². The van der Waals surface area contributed by atoms with E-state index in [2.05, 4.69) is 90.4 Å². The first-order valence-electron chi connectivity index (χ1n) is 8.54. The summed E-state index contributed by atoms with van der Waals surface area (Å²) in [7, 11) is 0. The van der Waals surface area contributed by atoms with E-state index in [0.29, 0.717) is 0 Å². The molecule has 0 aliphatic heterocycles. The van der Waals surface area contributed by atoms with Gasteiger partial charge in [0.05, 0.1) is 11.0 Å². The highest BCUT2D eigenvalue weighted by Crippen LogP contribution is 2.21. The van der Waals surface area contributed by atoms with Gasteiger partial charge in [0, 0.05) is 6.54 Å². The summed E-state index contributed by atoms with van der Waals surface area (Å²) in [4.78, 5) is 4.83. The molecule has 0 amide bonds. The van der Waals surface area contributed by atoms with Crippen LogP contribution in [0.1, 0.15) is 22.5 Å². The Balaban J connectivity index is 1.78. The summed E-state index contributed by atoms with van der Waals surface area (Å²) in [5.41, 5.74) is 6.00. The van der Waals surface area contributed by atoms with Crippen LogP contribution in [0.25, 0.3) is 23.2 Å². The third kappa shape index (κ3) is 3.24. The Morgan fingerprint density at radius 2 is 1.52 bits per heavy atom. The molecule has 4 aromatic rings. The number of hydrogen-bond donors (Lipinski definition) is 0. The molecule has 1 heterocycles. The normalized spacial score (nSPS) is 11.4. The van der Waals surface area contributed by atoms with Crippen molar-refractivity contribution in [1.29, 1.82) is 0 Å². The molecule has 0 radical (unpaired) electrons. The molecule has 0 fully saturated rings. The minimum absolute atomic E-state index is 0.821. The molecule has 2 heteroatoms. The number of aromatic nitrogens is 2. The van der Waals surface area contributed by atoms with Gasteiger partial charge in [0.15, 0.2) is 0 Å². The van der Waals surface area contributed by atoms with Gasteiger partial charge in [-0.3, -0.25) is 0 Å². The molecule has 0 unspecified atom stereocenters. The number of hydrogen-bond acceptors (Lipinski definition) is 1. The average Bonchev–Trinajstić information content (AvgIpc) is 3.00. The van der Waals surface area contributed by atoms with Crippen LogP contribution in [-0.4, -0.2) is 9.55 Å². The first-order valence-corrected chi connectivity index (χ1v) is 8.54. The van der Waals surface area contributed by atoms with Crippen LogP contribution in [0.5, 0.6) is 0 Å². The van der Waals surface area contributed by atoms with Crippen molar-refractivity contribution in [3.63, 3.8) is 0 Å². The molecule has 0 atom stereocenters. The fourth-order valence-electron chi connectivity index (χ4n) is 3.08. The van der Waals surface area contributed by atoms with Crippen LogP contribution in [0.2, 0.25) is 0 Å². The van der Waals surface area contributed by atoms with Crippen molar-refractivity contribution in [2.24, 2.45) is 0 Å². The van der Waals surface area contributed by atoms with E-state index in [1.54, 1.807) is 0 Å². The molecular formula is C23H20N2. The second-order valence-corrected chi connectivity index (χ2v) is 6.22. The number of benzene rings is 3. The highest BCUT2D eigenvalue weighted by molar-refractivity contribution is 5.80. The van der Waals surface area contributed by atoms with Crippen molar-refractivity contribution >= 4 is 23.2 Å². The minimum Gasteiger partial charge on any atom is -0.320 e. The fraction of sp³-hybridized carbons (Fsp3) is 0.0870. The summed E-state index contributed by atoms with van der Waals surface area (Å²) in [6.07, 6.45) is 4.23. The van der Waals surface area contributed by atoms with Gasteiger partial charge in [-0.15, -0.1) is 0 Å². The fourth-order valence-corrected chi connectivity index (χ4v) is 3.08. The highest BCUT2D eigenvalue weighted by atomic mass is 15.1. The third-order valence-electron chi connectivity index (χ3n) is 4.50. The molecule has 0 saturated carbocycles. The highest BCUT2D eigenvalue weighted by Gasteiger charge is 2.09. The molecule has 0 bridgehead atoms. The number of imidazole rings is 1. The van der Waals surface area contributed by atoms with E-state index in [-0.39, 0.29) is 0 Å². The molecule has 0 aliphatic rings. The summed E-state index contributed by atoms with van der Waals surface area (Å²) in [6.45, 7) is 2.98. The van der Waals surface area contributed by atoms with Crippen LogP contribution in [0.4, 0.5) is 0 Å². The summed E-state index contributed by atoms with van der Waals surface area (Å²) in [5.74, 6) is 0.980. The van der Waals surface area contributed by atoms with Crippen LogP contribution in [-0.2, 0) is 6.54 Å². The zero-order valence-electron chi connectivity index (χ0n) is 14.3. The molecule has 2 nitrogen and oxygen atoms in total. The van der Waals surface area contributed by atoms with Gasteiger partial charge in [0.1, 0.15) is 5.82 Å². The van der Waals surface area contributed by atoms with Gasteiger partial charge in [-0.25, -0.2) is 4.98 Å². The van der Waals surface area contributed by atoms with Crippen molar-refractivity contribution in [3.8, 4) is 0 Å². The maximum atomic E-state index is 4.83. The van der Waals surface area contributed by atoms with Gasteiger partial charge in [0.25, 0.3) is 0 Å². The number of fused-ring (bicyclic) bond motifs is 1. The van der Waals surface area contributed by atoms with E-state index in [9.17, 15) is 0 Å². The Hall–Kier alpha value is -3.13. The molecule has 3 aromatic carbocycles. The van der Waals surface area contributed by atoms with Crippen molar-refractivity contribution in [2.75, 3.05) is 0 Å². The molecule has 4 rings (SSSR count). The minimum atomic E-state index is 0.821. The second kappa shape index (κ2) is 6.78. The zero-order chi connectivity index (χ0) is 17.1. The van der Waals surface area contributed by atoms with E-state index in [4.69, 9.17) is 4.98 Å². The SMILES string of the molecule is Cc1ccccc1Cn1c(/C=C/c2ccccc2)nc2ccccc21. The zero-order valence-corrected chi connectivity index (χ0v) is 14.3. The Kier molecular flexibility index (Phi) is 4.17. The van der Waals surface area contributed by atoms with Crippen molar-refractivity contribution in [2.45, 2.75) is 13.5 Å². The summed E-state index contributed by atoms with van der Waals surface area (Å²) in [5, 5.41) is 0. The molecule has 25 heavy (non-hydrogen) atoms. The monoisotopic (exact) mass is 324 g/mol. The molecule has 0 spiro atoms. The van der Waals surface area contributed by atoms with Gasteiger partial charge in [0.2, 0.25) is 0 Å². The standard InChI is InChI=1S/C23H20N2/c1-18-9-5-6-12-20(18)17-25-22-14-8-7-13-21(22)24-23(25)16-15-19-10-3-2-4-11-19/h2-16H,17H2,1H3/b16-15+. The van der Waals surface area contributed by atoms with Crippen LogP contribution >= 0.6 is 0 Å². The Morgan fingerprint density at radius 3 is 2.36 bits per heavy atom. The molecule has 0 aliphatic carbocycles. The Bertz CT molecular complexity index is 1030. The van der Waals surface area contributed by atoms with Crippen molar-refractivity contribution in [3.05, 3.63) is 101 Å². The Labute approximate surface area is 148 Å². The van der Waals surface area contributed by atoms with E-state index in [0.717, 1.165) is 17.9 Å². The van der Waals surface area contributed by atoms with Crippen LogP contribution in [0.15, 0.2) is 78.9 Å². The number of para-hydroxylation sites is 2. The topological polar surface area (TPSA) is 17.8 Å². The number of aryl methyl sites for hydroxylation is 1. The van der Waals surface area contributed by atoms with Crippen molar-refractivity contribution in [1.82, 2.24) is 9.55 Å². The predicted molar refractivity (Wildman–Crippen MR) is 105 cm³/mol. The van der Waals surface area contributed by atoms with Gasteiger partial charge < -0.3 is 4.57 Å². The van der Waals surface area contributed by atoms with Crippen LogP contribution in [0, 0.1) is 6.92 Å². The molecule has 0 N–H and O–H groups in total. The molecule has 0 saturated heterocycles. The van der Waals surface area contributed by atoms with E-state index in [1.165, 1.54) is 22.2 Å². The Morgan fingerprint density at radius 1 is 0.800 bits per heavy atom. The largest absolute Gasteiger partial charge is 0.320 e. The molecule has 1 aromatic heterocycles. The lowest BCUT2D eigenvalue weighted by Gasteiger charge is -2.10. The second-order valence-electron chi connectivity index (χ2n) is 6.22. The summed E-state index contributed by atoms with van der Waals surface area (Å²) in [6, 6.07) is 27.2. The lowest BCUT2D eigenvalue weighted by molar-refractivity contribution is 0.808. The number of rotatable bonds is 4. The molecule has 122 valence electrons. The first-order chi connectivity index (χ1) is 12.3. The lowest BCUT2D eigenvalue weighted by atomic mass is 10.1. The summed E-state index contributed by atoms with van der Waals surface area (Å²) < 4.78 is 2.29. The maximum Gasteiger partial charge on any atom is 0.134 e. The maximum absolute atomic E-state index is 4.83. The first kappa shape index (κ1) is 15.4. The van der Waals surface area contributed by atoms with Gasteiger partial charge in [-0.2, -0.15) is 0 Å². The van der Waals surface area contributed by atoms with Gasteiger partial charge >= 0.3 is 0 Å². The van der Waals surface area contributed by atoms with Crippen LogP contribution in [0.3, 0.4) is 0 Å². The predicted octanol–water partition coefficient (Wildman–Crippen LogP) is 5.56. The van der Waals surface area contributed by atoms with E-state index in [1.807, 2.05) is 12.1 Å². The van der Waals surface area contributed by atoms with Gasteiger partial charge in [-0.1, -0.05) is 72.8 Å². The number of nitrogens with zero attached hydrogens (tertiary/aromatic N) is 2. The van der Waals surface area contributed by atoms with Crippen molar-refractivity contribution < 1.29 is 0 Å². The van der Waals surface area contributed by atoms with Gasteiger partial charge in [-0.05, 0) is 41.8 Å². The van der Waals surface area contributed by atoms with E-state index >= 15 is 0 Å². The average molecular weight is 324 g/mol. The lowest BCUT2D eigenvalue weighted by Crippen LogP contribution is -2.03. The quantitative estimate of drug-likeness (QED) is 0.480. The molecular weight excluding hydrogens is 304 g/mol.